The Morgan fingerprint density at radius 1 is 1.15 bits per heavy atom. The molecule has 3 heteroatoms. The molecule has 2 rings (SSSR count). The standard InChI is InChI=1S/C17H18FNO/c1-11(2)13-5-3-12(4-6-13)9-17(20)15-10-14(18)7-8-16(15)19/h3-8,10-11H,9,19H2,1-2H3. The molecule has 2 aromatic carbocycles. The third-order valence-electron chi connectivity index (χ3n) is 3.33. The van der Waals surface area contributed by atoms with E-state index in [1.54, 1.807) is 0 Å². The molecule has 0 saturated heterocycles. The van der Waals surface area contributed by atoms with Gasteiger partial charge in [-0.05, 0) is 35.2 Å². The Morgan fingerprint density at radius 3 is 2.40 bits per heavy atom. The fraction of sp³-hybridized carbons (Fsp3) is 0.235. The van der Waals surface area contributed by atoms with Gasteiger partial charge in [0, 0.05) is 17.7 Å². The van der Waals surface area contributed by atoms with E-state index in [2.05, 4.69) is 13.8 Å². The maximum Gasteiger partial charge on any atom is 0.169 e. The first-order valence-electron chi connectivity index (χ1n) is 6.64. The van der Waals surface area contributed by atoms with Crippen LogP contribution in [0.5, 0.6) is 0 Å². The molecule has 0 radical (unpaired) electrons. The van der Waals surface area contributed by atoms with Crippen molar-refractivity contribution >= 4 is 11.5 Å². The molecule has 0 aliphatic rings. The number of hydrogen-bond acceptors (Lipinski definition) is 2. The lowest BCUT2D eigenvalue weighted by molar-refractivity contribution is 0.0993. The number of carbonyl (C=O) groups is 1. The third kappa shape index (κ3) is 3.23. The lowest BCUT2D eigenvalue weighted by Gasteiger charge is -2.08. The van der Waals surface area contributed by atoms with Gasteiger partial charge in [-0.15, -0.1) is 0 Å². The molecule has 2 aromatic rings. The number of Topliss-reactive ketones (excluding diaryl/α,β-unsaturated/α-hetero) is 1. The molecule has 0 bridgehead atoms. The van der Waals surface area contributed by atoms with Crippen LogP contribution in [-0.4, -0.2) is 5.78 Å². The zero-order valence-electron chi connectivity index (χ0n) is 11.7. The molecule has 20 heavy (non-hydrogen) atoms. The van der Waals surface area contributed by atoms with E-state index < -0.39 is 5.82 Å². The number of anilines is 1. The van der Waals surface area contributed by atoms with Gasteiger partial charge in [0.05, 0.1) is 0 Å². The van der Waals surface area contributed by atoms with Crippen LogP contribution in [0.15, 0.2) is 42.5 Å². The van der Waals surface area contributed by atoms with E-state index in [4.69, 9.17) is 5.73 Å². The van der Waals surface area contributed by atoms with E-state index in [0.29, 0.717) is 11.6 Å². The maximum absolute atomic E-state index is 13.2. The van der Waals surface area contributed by atoms with Gasteiger partial charge in [0.1, 0.15) is 5.82 Å². The monoisotopic (exact) mass is 271 g/mol. The molecule has 0 spiro atoms. The number of nitrogen functional groups attached to an aromatic ring is 1. The highest BCUT2D eigenvalue weighted by molar-refractivity contribution is 6.01. The van der Waals surface area contributed by atoms with Crippen LogP contribution >= 0.6 is 0 Å². The second-order valence-electron chi connectivity index (χ2n) is 5.23. The van der Waals surface area contributed by atoms with Gasteiger partial charge in [-0.1, -0.05) is 38.1 Å². The van der Waals surface area contributed by atoms with Gasteiger partial charge >= 0.3 is 0 Å². The highest BCUT2D eigenvalue weighted by Gasteiger charge is 2.12. The van der Waals surface area contributed by atoms with E-state index in [0.717, 1.165) is 5.56 Å². The minimum Gasteiger partial charge on any atom is -0.398 e. The average molecular weight is 271 g/mol. The van der Waals surface area contributed by atoms with Gasteiger partial charge in [0.15, 0.2) is 5.78 Å². The fourth-order valence-electron chi connectivity index (χ4n) is 2.07. The number of rotatable bonds is 4. The lowest BCUT2D eigenvalue weighted by Crippen LogP contribution is -2.07. The van der Waals surface area contributed by atoms with Crippen LogP contribution in [0.4, 0.5) is 10.1 Å². The van der Waals surface area contributed by atoms with E-state index >= 15 is 0 Å². The summed E-state index contributed by atoms with van der Waals surface area (Å²) in [5, 5.41) is 0. The summed E-state index contributed by atoms with van der Waals surface area (Å²) in [4.78, 5) is 12.2. The van der Waals surface area contributed by atoms with Crippen molar-refractivity contribution in [2.45, 2.75) is 26.2 Å². The third-order valence-corrected chi connectivity index (χ3v) is 3.33. The van der Waals surface area contributed by atoms with Crippen LogP contribution in [0.2, 0.25) is 0 Å². The van der Waals surface area contributed by atoms with E-state index in [-0.39, 0.29) is 17.8 Å². The van der Waals surface area contributed by atoms with Gasteiger partial charge in [0.25, 0.3) is 0 Å². The van der Waals surface area contributed by atoms with Crippen LogP contribution in [0, 0.1) is 5.82 Å². The zero-order chi connectivity index (χ0) is 14.7. The molecule has 0 unspecified atom stereocenters. The van der Waals surface area contributed by atoms with Crippen LogP contribution in [0.1, 0.15) is 41.3 Å². The van der Waals surface area contributed by atoms with Crippen LogP contribution < -0.4 is 5.73 Å². The smallest absolute Gasteiger partial charge is 0.169 e. The van der Waals surface area contributed by atoms with Crippen molar-refractivity contribution in [1.29, 1.82) is 0 Å². The van der Waals surface area contributed by atoms with Crippen molar-refractivity contribution in [3.8, 4) is 0 Å². The van der Waals surface area contributed by atoms with Crippen molar-refractivity contribution in [3.05, 3.63) is 65.0 Å². The van der Waals surface area contributed by atoms with Crippen molar-refractivity contribution in [2.24, 2.45) is 0 Å². The summed E-state index contributed by atoms with van der Waals surface area (Å²) in [5.41, 5.74) is 8.42. The van der Waals surface area contributed by atoms with Crippen molar-refractivity contribution in [2.75, 3.05) is 5.73 Å². The first kappa shape index (κ1) is 14.3. The second kappa shape index (κ2) is 5.87. The largest absolute Gasteiger partial charge is 0.398 e. The first-order valence-corrected chi connectivity index (χ1v) is 6.64. The summed E-state index contributed by atoms with van der Waals surface area (Å²) in [7, 11) is 0. The van der Waals surface area contributed by atoms with Crippen molar-refractivity contribution in [1.82, 2.24) is 0 Å². The predicted octanol–water partition coefficient (Wildman–Crippen LogP) is 3.96. The zero-order valence-corrected chi connectivity index (χ0v) is 11.7. The number of ketones is 1. The summed E-state index contributed by atoms with van der Waals surface area (Å²) in [6.07, 6.45) is 0.228. The molecule has 2 N–H and O–H groups in total. The number of nitrogens with two attached hydrogens (primary N) is 1. The molecule has 104 valence electrons. The Kier molecular flexibility index (Phi) is 4.18. The molecule has 0 saturated carbocycles. The molecule has 0 aromatic heterocycles. The molecule has 0 fully saturated rings. The van der Waals surface area contributed by atoms with Crippen LogP contribution in [-0.2, 0) is 6.42 Å². The molecular weight excluding hydrogens is 253 g/mol. The van der Waals surface area contributed by atoms with Crippen LogP contribution in [0.3, 0.4) is 0 Å². The highest BCUT2D eigenvalue weighted by atomic mass is 19.1. The summed E-state index contributed by atoms with van der Waals surface area (Å²) in [6, 6.07) is 11.8. The Bertz CT molecular complexity index is 617. The molecule has 0 amide bonds. The number of hydrogen-bond donors (Lipinski definition) is 1. The predicted molar refractivity (Wildman–Crippen MR) is 79.4 cm³/mol. The Morgan fingerprint density at radius 2 is 1.80 bits per heavy atom. The fourth-order valence-corrected chi connectivity index (χ4v) is 2.07. The topological polar surface area (TPSA) is 43.1 Å². The number of benzene rings is 2. The van der Waals surface area contributed by atoms with E-state index in [1.165, 1.54) is 23.8 Å². The second-order valence-corrected chi connectivity index (χ2v) is 5.23. The van der Waals surface area contributed by atoms with Crippen LogP contribution in [0.25, 0.3) is 0 Å². The summed E-state index contributed by atoms with van der Waals surface area (Å²) < 4.78 is 13.2. The molecule has 0 atom stereocenters. The molecule has 0 heterocycles. The number of halogens is 1. The molecule has 2 nitrogen and oxygen atoms in total. The van der Waals surface area contributed by atoms with Crippen molar-refractivity contribution < 1.29 is 9.18 Å². The summed E-state index contributed by atoms with van der Waals surface area (Å²) in [5.74, 6) is -0.157. The lowest BCUT2D eigenvalue weighted by atomic mass is 9.98. The van der Waals surface area contributed by atoms with E-state index in [1.807, 2.05) is 24.3 Å². The summed E-state index contributed by atoms with van der Waals surface area (Å²) in [6.45, 7) is 4.24. The molecular formula is C17H18FNO. The maximum atomic E-state index is 13.2. The van der Waals surface area contributed by atoms with Gasteiger partial charge in [-0.25, -0.2) is 4.39 Å². The minimum absolute atomic E-state index is 0.167. The Hall–Kier alpha value is -2.16. The van der Waals surface area contributed by atoms with E-state index in [9.17, 15) is 9.18 Å². The molecule has 0 aliphatic heterocycles. The quantitative estimate of drug-likeness (QED) is 0.675. The number of carbonyl (C=O) groups excluding carboxylic acids is 1. The highest BCUT2D eigenvalue weighted by Crippen LogP contribution is 2.18. The van der Waals surface area contributed by atoms with Crippen molar-refractivity contribution in [3.63, 3.8) is 0 Å². The Labute approximate surface area is 118 Å². The minimum atomic E-state index is -0.447. The normalized spacial score (nSPS) is 10.8. The van der Waals surface area contributed by atoms with Gasteiger partial charge in [-0.3, -0.25) is 4.79 Å². The Balaban J connectivity index is 2.17. The summed E-state index contributed by atoms with van der Waals surface area (Å²) >= 11 is 0. The first-order chi connectivity index (χ1) is 9.47. The SMILES string of the molecule is CC(C)c1ccc(CC(=O)c2cc(F)ccc2N)cc1. The average Bonchev–Trinajstić information content (AvgIpc) is 2.42. The van der Waals surface area contributed by atoms with Gasteiger partial charge in [0.2, 0.25) is 0 Å². The van der Waals surface area contributed by atoms with Gasteiger partial charge in [-0.2, -0.15) is 0 Å². The van der Waals surface area contributed by atoms with Gasteiger partial charge < -0.3 is 5.73 Å². The molecule has 0 aliphatic carbocycles.